The van der Waals surface area contributed by atoms with Crippen molar-refractivity contribution < 1.29 is 19.3 Å². The van der Waals surface area contributed by atoms with Crippen molar-refractivity contribution in [3.63, 3.8) is 0 Å². The molecule has 6 N–H and O–H groups in total. The molecule has 4 aromatic carbocycles. The monoisotopic (exact) mass is 1830 g/mol. The highest BCUT2D eigenvalue weighted by atomic mass is 16.5. The molecular formula is C107H121N21O8. The molecular weight excluding hydrogens is 1710 g/mol. The highest BCUT2D eigenvalue weighted by Crippen LogP contribution is 2.38. The van der Waals surface area contributed by atoms with E-state index >= 15 is 0 Å². The number of ether oxygens (including phenoxy) is 3. The summed E-state index contributed by atoms with van der Waals surface area (Å²) in [5, 5.41) is 29.5. The number of nitrogens with one attached hydrogen (secondary N) is 5. The lowest BCUT2D eigenvalue weighted by molar-refractivity contribution is 0.222. The molecule has 1 atom stereocenters. The lowest BCUT2D eigenvalue weighted by atomic mass is 10.0. The van der Waals surface area contributed by atoms with Crippen LogP contribution in [0.3, 0.4) is 0 Å². The Morgan fingerprint density at radius 3 is 1.04 bits per heavy atom. The number of rotatable bonds is 38. The second kappa shape index (κ2) is 47.7. The lowest BCUT2D eigenvalue weighted by Gasteiger charge is -2.19. The number of anilines is 9. The quantitative estimate of drug-likeness (QED) is 0.0209. The van der Waals surface area contributed by atoms with Gasteiger partial charge in [-0.05, 0) is 189 Å². The highest BCUT2D eigenvalue weighted by Gasteiger charge is 2.29. The standard InChI is InChI=1S/C29H35N5O3.C28H31N5O2.C25H28N6O.C25H27N5O2/c1-4-33(5-2)14-16-37-24-11-12-27(31-20-24)32-28-18-26-23(19-30-28)17-25(22-9-7-6-8-10-22)29(36)34(26)21(3)13-15-35;1-3-32(4-2)14-15-35-23-12-13-26(30-19-23)31-27-17-25-21(18-29-27)16-24(20-8-6-5-7-9-20)28(34)33(25)22-10-11-22;1-4-31-22-15-24(29-23-11-10-20(17-28-23)26-12-13-30(2)3)27-16-19(22)14-21(25(31)32)18-8-6-5-7-9-18;1-4-30-22-15-24(28-23-11-10-20(17-27-23)32-13-12-29(2)3)26-16-19(22)14-21(25(30)31)18-8-6-5-7-9-18/h6-12,17-21,35H,4-5,13-16H2,1-3H3,(H,30,31,32);5-9,12-13,16-19,22H,3-4,10-11,14-15H2,1-2H3,(H,29,30,31);5-11,14-17,26H,4,12-13H2,1-3H3,(H,27,28,29);5-11,14-17H,4,12-13H2,1-3H3,(H,26,27,28). The van der Waals surface area contributed by atoms with Crippen molar-refractivity contribution in [3.05, 3.63) is 309 Å². The van der Waals surface area contributed by atoms with E-state index in [0.717, 1.165) is 155 Å². The number of nitrogens with zero attached hydrogens (tertiary/aromatic N) is 16. The molecule has 0 saturated heterocycles. The van der Waals surface area contributed by atoms with Crippen LogP contribution in [-0.2, 0) is 13.1 Å². The smallest absolute Gasteiger partial charge is 0.259 e. The van der Waals surface area contributed by atoms with E-state index in [0.29, 0.717) is 114 Å². The number of likely N-dealkylation sites (N-methyl/N-ethyl adjacent to an activating group) is 4. The van der Waals surface area contributed by atoms with Gasteiger partial charge in [-0.3, -0.25) is 19.2 Å². The second-order valence-corrected chi connectivity index (χ2v) is 33.5. The van der Waals surface area contributed by atoms with Crippen molar-refractivity contribution in [2.75, 3.05) is 140 Å². The van der Waals surface area contributed by atoms with Crippen LogP contribution in [0.15, 0.2) is 287 Å². The zero-order valence-electron chi connectivity index (χ0n) is 79.2. The first-order valence-corrected chi connectivity index (χ1v) is 46.6. The Bertz CT molecular complexity index is 6650. The summed E-state index contributed by atoms with van der Waals surface area (Å²) in [5.41, 5.74) is 10.5. The Morgan fingerprint density at radius 2 is 0.699 bits per heavy atom. The Balaban J connectivity index is 0.000000145. The van der Waals surface area contributed by atoms with E-state index in [-0.39, 0.29) is 40.9 Å². The van der Waals surface area contributed by atoms with Crippen LogP contribution in [0.4, 0.5) is 52.2 Å². The predicted octanol–water partition coefficient (Wildman–Crippen LogP) is 18.5. The number of benzene rings is 4. The number of hydrogen-bond donors (Lipinski definition) is 6. The van der Waals surface area contributed by atoms with Crippen LogP contribution in [0.1, 0.15) is 79.8 Å². The van der Waals surface area contributed by atoms with E-state index in [1.807, 2.05) is 278 Å². The molecule has 0 amide bonds. The SMILES string of the molecule is CCN(CC)CCOc1ccc(Nc2cc3c(cn2)cc(-c2ccccc2)c(=O)n3C(C)CCO)nc1.CCN(CC)CCOc1ccc(Nc2cc3c(cn2)cc(-c2ccccc2)c(=O)n3C2CC2)nc1.CCn1c(=O)c(-c2ccccc2)cc2cnc(Nc3ccc(NCCN(C)C)cn3)cc21.CCn1c(=O)c(-c2ccccc2)cc2cnc(Nc3ccc(OCCN(C)C)cn3)cc21. The number of aliphatic hydroxyl groups is 1. The number of pyridine rings is 12. The molecule has 0 aliphatic heterocycles. The van der Waals surface area contributed by atoms with Gasteiger partial charge in [-0.25, -0.2) is 39.9 Å². The van der Waals surface area contributed by atoms with Crippen LogP contribution < -0.4 is 63.0 Å². The number of aliphatic hydroxyl groups excluding tert-OH is 1. The maximum atomic E-state index is 13.6. The van der Waals surface area contributed by atoms with Crippen LogP contribution >= 0.6 is 0 Å². The molecule has 1 aliphatic carbocycles. The van der Waals surface area contributed by atoms with Crippen LogP contribution in [0.25, 0.3) is 88.1 Å². The Morgan fingerprint density at radius 1 is 0.368 bits per heavy atom. The number of aromatic nitrogens is 12. The first-order chi connectivity index (χ1) is 66.3. The molecule has 29 heteroatoms. The maximum absolute atomic E-state index is 13.6. The molecule has 16 aromatic rings. The summed E-state index contributed by atoms with van der Waals surface area (Å²) in [6.45, 7) is 25.9. The average molecular weight is 1830 g/mol. The predicted molar refractivity (Wildman–Crippen MR) is 550 cm³/mol. The van der Waals surface area contributed by atoms with Gasteiger partial charge in [0.1, 0.15) is 83.6 Å². The normalized spacial score (nSPS) is 12.0. The van der Waals surface area contributed by atoms with Gasteiger partial charge >= 0.3 is 0 Å². The average Bonchev–Trinajstić information content (AvgIpc) is 1.03. The molecule has 29 nitrogen and oxygen atoms in total. The van der Waals surface area contributed by atoms with Gasteiger partial charge in [-0.1, -0.05) is 149 Å². The van der Waals surface area contributed by atoms with Crippen molar-refractivity contribution in [2.24, 2.45) is 0 Å². The molecule has 1 unspecified atom stereocenters. The molecule has 136 heavy (non-hydrogen) atoms. The summed E-state index contributed by atoms with van der Waals surface area (Å²) in [4.78, 5) is 98.2. The van der Waals surface area contributed by atoms with Crippen molar-refractivity contribution in [2.45, 2.75) is 92.9 Å². The highest BCUT2D eigenvalue weighted by molar-refractivity contribution is 5.90. The van der Waals surface area contributed by atoms with Gasteiger partial charge in [0.2, 0.25) is 0 Å². The fraction of sp³-hybridized carbons (Fsp3) is 0.290. The molecule has 1 saturated carbocycles. The van der Waals surface area contributed by atoms with Crippen molar-refractivity contribution in [1.82, 2.24) is 77.7 Å². The van der Waals surface area contributed by atoms with Crippen molar-refractivity contribution in [3.8, 4) is 61.8 Å². The van der Waals surface area contributed by atoms with Crippen LogP contribution in [-0.4, -0.2) is 196 Å². The van der Waals surface area contributed by atoms with E-state index in [4.69, 9.17) is 14.2 Å². The Kier molecular flexibility index (Phi) is 34.0. The third-order valence-electron chi connectivity index (χ3n) is 23.5. The third-order valence-corrected chi connectivity index (χ3v) is 23.5. The lowest BCUT2D eigenvalue weighted by Crippen LogP contribution is -2.27. The van der Waals surface area contributed by atoms with E-state index in [1.165, 1.54) is 0 Å². The van der Waals surface area contributed by atoms with Gasteiger partial charge in [0, 0.05) is 157 Å². The topological polar surface area (TPSA) is 312 Å². The van der Waals surface area contributed by atoms with Gasteiger partial charge in [-0.2, -0.15) is 0 Å². The molecule has 0 radical (unpaired) electrons. The van der Waals surface area contributed by atoms with Crippen molar-refractivity contribution in [1.29, 1.82) is 0 Å². The fourth-order valence-corrected chi connectivity index (χ4v) is 15.8. The molecule has 1 aliphatic rings. The first kappa shape index (κ1) is 97.2. The molecule has 12 heterocycles. The Hall–Kier alpha value is -14.9. The molecule has 702 valence electrons. The van der Waals surface area contributed by atoms with Crippen LogP contribution in [0.5, 0.6) is 17.2 Å². The van der Waals surface area contributed by atoms with Gasteiger partial charge in [0.05, 0.1) is 52.5 Å². The summed E-state index contributed by atoms with van der Waals surface area (Å²) in [7, 11) is 8.10. The molecule has 12 aromatic heterocycles. The second-order valence-electron chi connectivity index (χ2n) is 33.5. The fourth-order valence-electron chi connectivity index (χ4n) is 15.8. The van der Waals surface area contributed by atoms with Gasteiger partial charge < -0.3 is 83.8 Å². The molecule has 0 spiro atoms. The number of aryl methyl sites for hydroxylation is 2. The summed E-state index contributed by atoms with van der Waals surface area (Å²) >= 11 is 0. The van der Waals surface area contributed by atoms with Gasteiger partial charge in [-0.15, -0.1) is 0 Å². The molecule has 0 bridgehead atoms. The minimum Gasteiger partial charge on any atom is -0.491 e. The van der Waals surface area contributed by atoms with E-state index in [9.17, 15) is 24.3 Å². The van der Waals surface area contributed by atoms with Crippen molar-refractivity contribution >= 4 is 95.8 Å². The largest absolute Gasteiger partial charge is 0.491 e. The molecule has 1 fully saturated rings. The minimum absolute atomic E-state index is 0.00498. The minimum atomic E-state index is -0.190. The van der Waals surface area contributed by atoms with Gasteiger partial charge in [0.15, 0.2) is 0 Å². The van der Waals surface area contributed by atoms with E-state index in [1.54, 1.807) is 57.1 Å². The summed E-state index contributed by atoms with van der Waals surface area (Å²) in [5.74, 6) is 7.33. The summed E-state index contributed by atoms with van der Waals surface area (Å²) < 4.78 is 24.6. The van der Waals surface area contributed by atoms with Gasteiger partial charge in [0.25, 0.3) is 22.2 Å². The zero-order chi connectivity index (χ0) is 95.4. The Labute approximate surface area is 792 Å². The number of hydrogen-bond acceptors (Lipinski definition) is 25. The van der Waals surface area contributed by atoms with Crippen LogP contribution in [0.2, 0.25) is 0 Å². The maximum Gasteiger partial charge on any atom is 0.259 e. The molecule has 17 rings (SSSR count). The number of fused-ring (bicyclic) bond motifs is 4. The van der Waals surface area contributed by atoms with E-state index < -0.39 is 0 Å². The third kappa shape index (κ3) is 25.5. The van der Waals surface area contributed by atoms with Crippen LogP contribution in [0, 0.1) is 0 Å². The summed E-state index contributed by atoms with van der Waals surface area (Å²) in [6.07, 6.45) is 16.6. The summed E-state index contributed by atoms with van der Waals surface area (Å²) in [6, 6.07) is 69.3. The first-order valence-electron chi connectivity index (χ1n) is 46.6. The van der Waals surface area contributed by atoms with E-state index in [2.05, 4.69) is 114 Å². The zero-order valence-corrected chi connectivity index (χ0v) is 79.2.